The van der Waals surface area contributed by atoms with Gasteiger partial charge in [0.15, 0.2) is 5.78 Å². The summed E-state index contributed by atoms with van der Waals surface area (Å²) in [6, 6.07) is 9.40. The lowest BCUT2D eigenvalue weighted by atomic mass is 9.95. The SMILES string of the molecule is CC1CCc2sc(N)c(C(=O)c3ccccc3)c21. The lowest BCUT2D eigenvalue weighted by Gasteiger charge is -2.07. The number of fused-ring (bicyclic) bond motifs is 1. The minimum Gasteiger partial charge on any atom is -0.390 e. The fourth-order valence-electron chi connectivity index (χ4n) is 2.68. The number of aryl methyl sites for hydroxylation is 1. The van der Waals surface area contributed by atoms with Gasteiger partial charge in [0.05, 0.1) is 10.6 Å². The van der Waals surface area contributed by atoms with E-state index in [1.165, 1.54) is 10.4 Å². The first-order valence-corrected chi connectivity index (χ1v) is 7.01. The number of hydrogen-bond acceptors (Lipinski definition) is 3. The largest absolute Gasteiger partial charge is 0.390 e. The fourth-order valence-corrected chi connectivity index (χ4v) is 3.88. The zero-order valence-corrected chi connectivity index (χ0v) is 11.1. The van der Waals surface area contributed by atoms with Crippen LogP contribution >= 0.6 is 11.3 Å². The third-order valence-electron chi connectivity index (χ3n) is 3.61. The smallest absolute Gasteiger partial charge is 0.196 e. The monoisotopic (exact) mass is 257 g/mol. The molecule has 1 atom stereocenters. The van der Waals surface area contributed by atoms with E-state index < -0.39 is 0 Å². The normalized spacial score (nSPS) is 17.7. The Balaban J connectivity index is 2.11. The fraction of sp³-hybridized carbons (Fsp3) is 0.267. The molecule has 1 aliphatic carbocycles. The highest BCUT2D eigenvalue weighted by atomic mass is 32.1. The molecule has 1 heterocycles. The van der Waals surface area contributed by atoms with Crippen molar-refractivity contribution in [2.75, 3.05) is 5.73 Å². The van der Waals surface area contributed by atoms with E-state index in [2.05, 4.69) is 6.92 Å². The molecule has 92 valence electrons. The molecule has 0 spiro atoms. The summed E-state index contributed by atoms with van der Waals surface area (Å²) in [7, 11) is 0. The molecule has 0 aliphatic heterocycles. The molecule has 2 nitrogen and oxygen atoms in total. The highest BCUT2D eigenvalue weighted by Crippen LogP contribution is 2.44. The van der Waals surface area contributed by atoms with Crippen LogP contribution in [0, 0.1) is 0 Å². The highest BCUT2D eigenvalue weighted by molar-refractivity contribution is 7.16. The molecule has 0 saturated heterocycles. The van der Waals surface area contributed by atoms with Gasteiger partial charge in [0.2, 0.25) is 0 Å². The summed E-state index contributed by atoms with van der Waals surface area (Å²) in [4.78, 5) is 13.9. The van der Waals surface area contributed by atoms with E-state index in [0.717, 1.165) is 24.0 Å². The van der Waals surface area contributed by atoms with E-state index in [9.17, 15) is 4.79 Å². The molecule has 1 aromatic carbocycles. The van der Waals surface area contributed by atoms with Gasteiger partial charge in [0, 0.05) is 10.4 Å². The van der Waals surface area contributed by atoms with E-state index in [4.69, 9.17) is 5.73 Å². The molecule has 1 aromatic heterocycles. The first kappa shape index (κ1) is 11.5. The molecule has 2 N–H and O–H groups in total. The van der Waals surface area contributed by atoms with Crippen molar-refractivity contribution in [3.8, 4) is 0 Å². The number of nitrogen functional groups attached to an aromatic ring is 1. The number of carbonyl (C=O) groups excluding carboxylic acids is 1. The highest BCUT2D eigenvalue weighted by Gasteiger charge is 2.30. The third kappa shape index (κ3) is 1.66. The minimum atomic E-state index is 0.0688. The second-order valence-electron chi connectivity index (χ2n) is 4.81. The molecule has 0 fully saturated rings. The number of benzene rings is 1. The van der Waals surface area contributed by atoms with Gasteiger partial charge < -0.3 is 5.73 Å². The molecule has 0 radical (unpaired) electrons. The summed E-state index contributed by atoms with van der Waals surface area (Å²) in [5, 5.41) is 0.681. The molecule has 2 aromatic rings. The number of rotatable bonds is 2. The van der Waals surface area contributed by atoms with Crippen molar-refractivity contribution in [3.05, 3.63) is 51.9 Å². The molecule has 0 amide bonds. The van der Waals surface area contributed by atoms with Crippen molar-refractivity contribution in [2.24, 2.45) is 0 Å². The van der Waals surface area contributed by atoms with Crippen molar-refractivity contribution in [3.63, 3.8) is 0 Å². The lowest BCUT2D eigenvalue weighted by molar-refractivity contribution is 0.103. The maximum Gasteiger partial charge on any atom is 0.196 e. The summed E-state index contributed by atoms with van der Waals surface area (Å²) < 4.78 is 0. The number of thiophene rings is 1. The second-order valence-corrected chi connectivity index (χ2v) is 5.95. The van der Waals surface area contributed by atoms with Crippen molar-refractivity contribution >= 4 is 22.1 Å². The Morgan fingerprint density at radius 3 is 2.78 bits per heavy atom. The quantitative estimate of drug-likeness (QED) is 0.835. The first-order chi connectivity index (χ1) is 8.68. The first-order valence-electron chi connectivity index (χ1n) is 6.19. The molecule has 18 heavy (non-hydrogen) atoms. The van der Waals surface area contributed by atoms with Crippen LogP contribution in [0.2, 0.25) is 0 Å². The standard InChI is InChI=1S/C15H15NOS/c1-9-7-8-11-12(9)13(15(16)18-11)14(17)10-5-3-2-4-6-10/h2-6,9H,7-8,16H2,1H3. The van der Waals surface area contributed by atoms with Crippen LogP contribution in [0.5, 0.6) is 0 Å². The van der Waals surface area contributed by atoms with Crippen LogP contribution in [-0.2, 0) is 6.42 Å². The Kier molecular flexibility index (Phi) is 2.71. The summed E-state index contributed by atoms with van der Waals surface area (Å²) in [6.07, 6.45) is 2.20. The van der Waals surface area contributed by atoms with Crippen LogP contribution in [0.25, 0.3) is 0 Å². The summed E-state index contributed by atoms with van der Waals surface area (Å²) >= 11 is 1.59. The van der Waals surface area contributed by atoms with Gasteiger partial charge >= 0.3 is 0 Å². The topological polar surface area (TPSA) is 43.1 Å². The summed E-state index contributed by atoms with van der Waals surface area (Å²) in [6.45, 7) is 2.18. The Hall–Kier alpha value is -1.61. The van der Waals surface area contributed by atoms with Crippen molar-refractivity contribution < 1.29 is 4.79 Å². The molecular weight excluding hydrogens is 242 g/mol. The van der Waals surface area contributed by atoms with Crippen LogP contribution in [0.4, 0.5) is 5.00 Å². The van der Waals surface area contributed by atoms with E-state index >= 15 is 0 Å². The van der Waals surface area contributed by atoms with Gasteiger partial charge in [-0.05, 0) is 24.3 Å². The minimum absolute atomic E-state index is 0.0688. The Bertz CT molecular complexity index is 600. The van der Waals surface area contributed by atoms with Gasteiger partial charge in [0.25, 0.3) is 0 Å². The zero-order valence-electron chi connectivity index (χ0n) is 10.3. The molecule has 3 rings (SSSR count). The summed E-state index contributed by atoms with van der Waals surface area (Å²) in [5.74, 6) is 0.524. The maximum atomic E-state index is 12.6. The van der Waals surface area contributed by atoms with Crippen LogP contribution in [0.3, 0.4) is 0 Å². The Morgan fingerprint density at radius 2 is 2.06 bits per heavy atom. The van der Waals surface area contributed by atoms with E-state index in [-0.39, 0.29) is 5.78 Å². The molecular formula is C15H15NOS. The van der Waals surface area contributed by atoms with Crippen LogP contribution in [-0.4, -0.2) is 5.78 Å². The lowest BCUT2D eigenvalue weighted by Crippen LogP contribution is -2.06. The van der Waals surface area contributed by atoms with Crippen molar-refractivity contribution in [2.45, 2.75) is 25.7 Å². The Morgan fingerprint density at radius 1 is 1.33 bits per heavy atom. The molecule has 0 saturated carbocycles. The molecule has 0 bridgehead atoms. The molecule has 3 heteroatoms. The molecule has 1 unspecified atom stereocenters. The van der Waals surface area contributed by atoms with Crippen molar-refractivity contribution in [1.82, 2.24) is 0 Å². The second kappa shape index (κ2) is 4.25. The van der Waals surface area contributed by atoms with Gasteiger partial charge in [-0.15, -0.1) is 11.3 Å². The van der Waals surface area contributed by atoms with Gasteiger partial charge in [-0.25, -0.2) is 0 Å². The number of hydrogen-bond donors (Lipinski definition) is 1. The van der Waals surface area contributed by atoms with E-state index in [1.807, 2.05) is 30.3 Å². The Labute approximate surface area is 110 Å². The van der Waals surface area contributed by atoms with E-state index in [0.29, 0.717) is 10.9 Å². The molecule has 1 aliphatic rings. The van der Waals surface area contributed by atoms with Crippen LogP contribution < -0.4 is 5.73 Å². The van der Waals surface area contributed by atoms with Gasteiger partial charge in [-0.1, -0.05) is 37.3 Å². The number of ketones is 1. The van der Waals surface area contributed by atoms with Gasteiger partial charge in [-0.3, -0.25) is 4.79 Å². The van der Waals surface area contributed by atoms with Crippen molar-refractivity contribution in [1.29, 1.82) is 0 Å². The average Bonchev–Trinajstić information content (AvgIpc) is 2.89. The number of nitrogens with two attached hydrogens (primary N) is 1. The van der Waals surface area contributed by atoms with Crippen LogP contribution in [0.1, 0.15) is 45.6 Å². The van der Waals surface area contributed by atoms with Gasteiger partial charge in [-0.2, -0.15) is 0 Å². The van der Waals surface area contributed by atoms with Crippen LogP contribution in [0.15, 0.2) is 30.3 Å². The summed E-state index contributed by atoms with van der Waals surface area (Å²) in [5.41, 5.74) is 8.73. The number of anilines is 1. The van der Waals surface area contributed by atoms with Gasteiger partial charge in [0.1, 0.15) is 0 Å². The third-order valence-corrected chi connectivity index (χ3v) is 4.70. The number of carbonyl (C=O) groups is 1. The van der Waals surface area contributed by atoms with E-state index in [1.54, 1.807) is 11.3 Å². The predicted octanol–water partition coefficient (Wildman–Crippen LogP) is 3.61. The predicted molar refractivity (Wildman–Crippen MR) is 75.3 cm³/mol. The maximum absolute atomic E-state index is 12.6. The zero-order chi connectivity index (χ0) is 12.7. The average molecular weight is 257 g/mol.